The average molecular weight is 678 g/mol. The Labute approximate surface area is 267 Å². The van der Waals surface area contributed by atoms with E-state index in [4.69, 9.17) is 22.3 Å². The first-order valence-corrected chi connectivity index (χ1v) is 17.1. The van der Waals surface area contributed by atoms with E-state index in [0.717, 1.165) is 17.3 Å². The molecule has 0 radical (unpaired) electrons. The Hall–Kier alpha value is -2.25. The highest BCUT2D eigenvalue weighted by Gasteiger charge is 2.21. The van der Waals surface area contributed by atoms with Crippen LogP contribution in [0.1, 0.15) is 32.6 Å². The Morgan fingerprint density at radius 2 is 0.977 bits per heavy atom. The molecular weight excluding hydrogens is 627 g/mol. The Balaban J connectivity index is -0.000000249. The van der Waals surface area contributed by atoms with Crippen LogP contribution in [-0.4, -0.2) is 129 Å². The molecule has 0 bridgehead atoms. The molecule has 3 atom stereocenters. The third-order valence-corrected chi connectivity index (χ3v) is 6.61. The minimum atomic E-state index is -0.745. The number of esters is 3. The van der Waals surface area contributed by atoms with Crippen molar-refractivity contribution in [3.8, 4) is 0 Å². The molecule has 9 N–H and O–H groups in total. The summed E-state index contributed by atoms with van der Waals surface area (Å²) in [6.07, 6.45) is 7.86. The summed E-state index contributed by atoms with van der Waals surface area (Å²) >= 11 is 4.87. The lowest BCUT2D eigenvalue weighted by Crippen LogP contribution is -2.44. The van der Waals surface area contributed by atoms with E-state index in [2.05, 4.69) is 24.8 Å². The SMILES string of the molecule is CCC(=O)O.COC(=O)[C@@H](N)CCSC.COC(=O)[C@H](CCSC)NC(=O)CN.COC(=O)[C@H](CCSC)NC(=O)CN. The van der Waals surface area contributed by atoms with Crippen LogP contribution in [0.5, 0.6) is 0 Å². The van der Waals surface area contributed by atoms with Crippen LogP contribution < -0.4 is 27.8 Å². The first kappa shape index (κ1) is 47.7. The van der Waals surface area contributed by atoms with E-state index in [1.165, 1.54) is 21.3 Å². The van der Waals surface area contributed by atoms with Crippen molar-refractivity contribution in [3.63, 3.8) is 0 Å². The summed E-state index contributed by atoms with van der Waals surface area (Å²) < 4.78 is 13.5. The number of hydrogen-bond acceptors (Lipinski definition) is 15. The number of aliphatic carboxylic acids is 1. The second-order valence-electron chi connectivity index (χ2n) is 7.92. The molecule has 0 unspecified atom stereocenters. The van der Waals surface area contributed by atoms with E-state index < -0.39 is 36.0 Å². The van der Waals surface area contributed by atoms with Gasteiger partial charge in [0.25, 0.3) is 0 Å². The number of carbonyl (C=O) groups excluding carboxylic acids is 5. The monoisotopic (exact) mass is 677 g/mol. The van der Waals surface area contributed by atoms with Crippen LogP contribution in [0, 0.1) is 0 Å². The molecule has 0 aliphatic carbocycles. The van der Waals surface area contributed by atoms with Crippen LogP contribution in [0.4, 0.5) is 0 Å². The predicted octanol–water partition coefficient (Wildman–Crippen LogP) is -0.567. The van der Waals surface area contributed by atoms with Crippen molar-refractivity contribution < 1.29 is 48.1 Å². The Morgan fingerprint density at radius 1 is 0.674 bits per heavy atom. The number of carbonyl (C=O) groups is 6. The molecule has 0 fully saturated rings. The predicted molar refractivity (Wildman–Crippen MR) is 173 cm³/mol. The minimum Gasteiger partial charge on any atom is -0.481 e. The number of rotatable bonds is 17. The van der Waals surface area contributed by atoms with Gasteiger partial charge in [0.1, 0.15) is 18.1 Å². The van der Waals surface area contributed by atoms with Crippen molar-refractivity contribution >= 4 is 71.0 Å². The normalized spacial score (nSPS) is 11.6. The van der Waals surface area contributed by atoms with Crippen LogP contribution in [0.15, 0.2) is 0 Å². The highest BCUT2D eigenvalue weighted by molar-refractivity contribution is 7.98. The van der Waals surface area contributed by atoms with Crippen LogP contribution in [0.25, 0.3) is 0 Å². The first-order valence-electron chi connectivity index (χ1n) is 13.0. The topological polar surface area (TPSA) is 252 Å². The second-order valence-corrected chi connectivity index (χ2v) is 10.9. The van der Waals surface area contributed by atoms with Crippen LogP contribution in [-0.2, 0) is 43.0 Å². The average Bonchev–Trinajstić information content (AvgIpc) is 3.02. The van der Waals surface area contributed by atoms with Gasteiger partial charge in [-0.3, -0.25) is 19.2 Å². The number of carboxylic acid groups (broad SMARTS) is 1. The molecule has 0 aromatic heterocycles. The summed E-state index contributed by atoms with van der Waals surface area (Å²) in [5.74, 6) is -0.158. The fraction of sp³-hybridized carbons (Fsp3) is 0.760. The van der Waals surface area contributed by atoms with Gasteiger partial charge >= 0.3 is 23.9 Å². The standard InChI is InChI=1S/2C8H16N2O3S.C6H13NO2S.C3H6O2/c2*1-13-8(12)6(3-4-14-2)10-7(11)5-9;1-9-6(8)5(7)3-4-10-2;1-2-3(4)5/h2*6H,3-5,9H2,1-2H3,(H,10,11);5H,3-4,7H2,1-2H3;2H2,1H3,(H,4,5)/t2*6-;5-;/m000./s1. The van der Waals surface area contributed by atoms with Crippen molar-refractivity contribution in [2.24, 2.45) is 17.2 Å². The molecule has 0 aliphatic rings. The number of nitrogens with two attached hydrogens (primary N) is 3. The lowest BCUT2D eigenvalue weighted by atomic mass is 10.2. The summed E-state index contributed by atoms with van der Waals surface area (Å²) in [5, 5.41) is 12.7. The van der Waals surface area contributed by atoms with Gasteiger partial charge in [-0.25, -0.2) is 9.59 Å². The number of carboxylic acids is 1. The number of ether oxygens (including phenoxy) is 3. The van der Waals surface area contributed by atoms with Gasteiger partial charge < -0.3 is 47.2 Å². The van der Waals surface area contributed by atoms with E-state index >= 15 is 0 Å². The zero-order valence-corrected chi connectivity index (χ0v) is 28.6. The maximum absolute atomic E-state index is 11.2. The molecule has 254 valence electrons. The van der Waals surface area contributed by atoms with Gasteiger partial charge in [-0.2, -0.15) is 35.3 Å². The lowest BCUT2D eigenvalue weighted by Gasteiger charge is -2.15. The summed E-state index contributed by atoms with van der Waals surface area (Å²) in [6.45, 7) is 1.36. The summed E-state index contributed by atoms with van der Waals surface area (Å²) in [4.78, 5) is 64.3. The van der Waals surface area contributed by atoms with Crippen molar-refractivity contribution in [1.82, 2.24) is 10.6 Å². The Kier molecular flexibility index (Phi) is 38.0. The Morgan fingerprint density at radius 3 is 1.21 bits per heavy atom. The van der Waals surface area contributed by atoms with Crippen molar-refractivity contribution in [2.45, 2.75) is 50.7 Å². The van der Waals surface area contributed by atoms with E-state index in [0.29, 0.717) is 19.3 Å². The van der Waals surface area contributed by atoms with E-state index in [9.17, 15) is 28.8 Å². The van der Waals surface area contributed by atoms with Gasteiger partial charge in [-0.15, -0.1) is 0 Å². The quantitative estimate of drug-likeness (QED) is 0.0833. The molecule has 0 heterocycles. The molecule has 0 aromatic carbocycles. The molecule has 0 spiro atoms. The van der Waals surface area contributed by atoms with Gasteiger partial charge in [0.2, 0.25) is 11.8 Å². The number of hydrogen-bond donors (Lipinski definition) is 6. The highest BCUT2D eigenvalue weighted by atomic mass is 32.2. The van der Waals surface area contributed by atoms with Crippen LogP contribution >= 0.6 is 35.3 Å². The second kappa shape index (κ2) is 34.2. The van der Waals surface area contributed by atoms with E-state index in [1.54, 1.807) is 42.2 Å². The fourth-order valence-electron chi connectivity index (χ4n) is 2.27. The highest BCUT2D eigenvalue weighted by Crippen LogP contribution is 2.03. The third-order valence-electron chi connectivity index (χ3n) is 4.67. The zero-order valence-electron chi connectivity index (χ0n) is 26.2. The summed E-state index contributed by atoms with van der Waals surface area (Å²) in [7, 11) is 3.94. The molecular formula is C25H51N5O10S3. The molecule has 0 saturated heterocycles. The lowest BCUT2D eigenvalue weighted by molar-refractivity contribution is -0.145. The minimum absolute atomic E-state index is 0.118. The summed E-state index contributed by atoms with van der Waals surface area (Å²) in [5.41, 5.74) is 15.7. The first-order chi connectivity index (χ1) is 20.3. The third kappa shape index (κ3) is 32.5. The molecule has 15 nitrogen and oxygen atoms in total. The number of methoxy groups -OCH3 is 3. The largest absolute Gasteiger partial charge is 0.481 e. The van der Waals surface area contributed by atoms with E-state index in [1.807, 2.05) is 18.8 Å². The maximum atomic E-state index is 11.2. The van der Waals surface area contributed by atoms with E-state index in [-0.39, 0.29) is 37.3 Å². The maximum Gasteiger partial charge on any atom is 0.328 e. The number of thioether (sulfide) groups is 3. The summed E-state index contributed by atoms with van der Waals surface area (Å²) in [6, 6.07) is -1.61. The molecule has 0 aliphatic heterocycles. The molecule has 0 aromatic rings. The van der Waals surface area contributed by atoms with Crippen LogP contribution in [0.3, 0.4) is 0 Å². The Bertz CT molecular complexity index is 740. The smallest absolute Gasteiger partial charge is 0.328 e. The van der Waals surface area contributed by atoms with Gasteiger partial charge in [-0.05, 0) is 55.3 Å². The van der Waals surface area contributed by atoms with Gasteiger partial charge in [0.15, 0.2) is 0 Å². The molecule has 0 rings (SSSR count). The number of nitrogens with one attached hydrogen (secondary N) is 2. The molecule has 0 saturated carbocycles. The molecule has 43 heavy (non-hydrogen) atoms. The van der Waals surface area contributed by atoms with Gasteiger partial charge in [0.05, 0.1) is 34.4 Å². The van der Waals surface area contributed by atoms with Crippen molar-refractivity contribution in [2.75, 3.05) is 70.4 Å². The van der Waals surface area contributed by atoms with Gasteiger partial charge in [-0.1, -0.05) is 6.92 Å². The van der Waals surface area contributed by atoms with Crippen molar-refractivity contribution in [3.05, 3.63) is 0 Å². The zero-order chi connectivity index (χ0) is 34.2. The van der Waals surface area contributed by atoms with Crippen molar-refractivity contribution in [1.29, 1.82) is 0 Å². The molecule has 18 heteroatoms. The van der Waals surface area contributed by atoms with Gasteiger partial charge in [0, 0.05) is 6.42 Å². The molecule has 2 amide bonds. The van der Waals surface area contributed by atoms with Crippen LogP contribution in [0.2, 0.25) is 0 Å². The number of amides is 2. The fourth-order valence-corrected chi connectivity index (χ4v) is 3.71.